The van der Waals surface area contributed by atoms with Crippen LogP contribution in [-0.2, 0) is 4.74 Å². The zero-order valence-corrected chi connectivity index (χ0v) is 9.00. The SMILES string of the molecule is COC1CC(C(C)(C)O)CC=C1C. The Morgan fingerprint density at radius 3 is 2.62 bits per heavy atom. The maximum Gasteiger partial charge on any atom is 0.0782 e. The predicted molar refractivity (Wildman–Crippen MR) is 53.6 cm³/mol. The summed E-state index contributed by atoms with van der Waals surface area (Å²) in [6.07, 6.45) is 4.28. The van der Waals surface area contributed by atoms with Gasteiger partial charge in [0, 0.05) is 7.11 Å². The number of rotatable bonds is 2. The summed E-state index contributed by atoms with van der Waals surface area (Å²) in [4.78, 5) is 0. The Kier molecular flexibility index (Phi) is 3.14. The molecule has 1 aliphatic carbocycles. The minimum Gasteiger partial charge on any atom is -0.390 e. The van der Waals surface area contributed by atoms with Crippen molar-refractivity contribution in [3.63, 3.8) is 0 Å². The first-order valence-electron chi connectivity index (χ1n) is 4.87. The van der Waals surface area contributed by atoms with Crippen molar-refractivity contribution in [3.05, 3.63) is 11.6 Å². The highest BCUT2D eigenvalue weighted by molar-refractivity contribution is 5.11. The second-order valence-corrected chi connectivity index (χ2v) is 4.49. The van der Waals surface area contributed by atoms with Crippen molar-refractivity contribution in [1.29, 1.82) is 0 Å². The summed E-state index contributed by atoms with van der Waals surface area (Å²) < 4.78 is 5.35. The van der Waals surface area contributed by atoms with Gasteiger partial charge in [0.15, 0.2) is 0 Å². The van der Waals surface area contributed by atoms with Crippen LogP contribution in [-0.4, -0.2) is 23.9 Å². The Hall–Kier alpha value is -0.340. The molecule has 0 aromatic carbocycles. The molecular formula is C11H20O2. The van der Waals surface area contributed by atoms with E-state index in [2.05, 4.69) is 13.0 Å². The predicted octanol–water partition coefficient (Wildman–Crippen LogP) is 2.13. The van der Waals surface area contributed by atoms with E-state index in [9.17, 15) is 5.11 Å². The van der Waals surface area contributed by atoms with E-state index in [1.54, 1.807) is 7.11 Å². The first-order valence-corrected chi connectivity index (χ1v) is 4.87. The zero-order chi connectivity index (χ0) is 10.1. The minimum absolute atomic E-state index is 0.199. The molecule has 1 rings (SSSR count). The molecular weight excluding hydrogens is 164 g/mol. The average Bonchev–Trinajstić information content (AvgIpc) is 2.03. The quantitative estimate of drug-likeness (QED) is 0.666. The Morgan fingerprint density at radius 2 is 2.15 bits per heavy atom. The van der Waals surface area contributed by atoms with Crippen molar-refractivity contribution < 1.29 is 9.84 Å². The highest BCUT2D eigenvalue weighted by Gasteiger charge is 2.31. The topological polar surface area (TPSA) is 29.5 Å². The average molecular weight is 184 g/mol. The molecule has 0 amide bonds. The van der Waals surface area contributed by atoms with Gasteiger partial charge < -0.3 is 9.84 Å². The monoisotopic (exact) mass is 184 g/mol. The van der Waals surface area contributed by atoms with Crippen LogP contribution in [0.5, 0.6) is 0 Å². The molecule has 0 spiro atoms. The van der Waals surface area contributed by atoms with Crippen LogP contribution in [0.25, 0.3) is 0 Å². The molecule has 2 nitrogen and oxygen atoms in total. The van der Waals surface area contributed by atoms with Crippen LogP contribution in [0.2, 0.25) is 0 Å². The Balaban J connectivity index is 2.68. The second-order valence-electron chi connectivity index (χ2n) is 4.49. The van der Waals surface area contributed by atoms with Crippen LogP contribution in [0.1, 0.15) is 33.6 Å². The zero-order valence-electron chi connectivity index (χ0n) is 9.00. The Labute approximate surface area is 80.6 Å². The molecule has 2 atom stereocenters. The summed E-state index contributed by atoms with van der Waals surface area (Å²) in [5, 5.41) is 9.86. The molecule has 0 bridgehead atoms. The molecule has 2 unspecified atom stereocenters. The van der Waals surface area contributed by atoms with Gasteiger partial charge >= 0.3 is 0 Å². The normalized spacial score (nSPS) is 30.1. The first-order chi connectivity index (χ1) is 5.95. The van der Waals surface area contributed by atoms with Gasteiger partial charge in [-0.05, 0) is 45.1 Å². The fourth-order valence-electron chi connectivity index (χ4n) is 1.86. The molecule has 0 fully saturated rings. The van der Waals surface area contributed by atoms with Crippen molar-refractivity contribution >= 4 is 0 Å². The molecule has 0 aromatic heterocycles. The third-order valence-corrected chi connectivity index (χ3v) is 3.01. The fraction of sp³-hybridized carbons (Fsp3) is 0.818. The molecule has 0 heterocycles. The summed E-state index contributed by atoms with van der Waals surface area (Å²) >= 11 is 0. The van der Waals surface area contributed by atoms with Crippen LogP contribution in [0, 0.1) is 5.92 Å². The molecule has 76 valence electrons. The Bertz CT molecular complexity index is 201. The second kappa shape index (κ2) is 3.81. The van der Waals surface area contributed by atoms with Gasteiger partial charge in [0.1, 0.15) is 0 Å². The Morgan fingerprint density at radius 1 is 1.54 bits per heavy atom. The first kappa shape index (κ1) is 10.7. The van der Waals surface area contributed by atoms with Gasteiger partial charge in [-0.2, -0.15) is 0 Å². The molecule has 0 aromatic rings. The van der Waals surface area contributed by atoms with Crippen molar-refractivity contribution in [1.82, 2.24) is 0 Å². The fourth-order valence-corrected chi connectivity index (χ4v) is 1.86. The van der Waals surface area contributed by atoms with Gasteiger partial charge in [-0.3, -0.25) is 0 Å². The summed E-state index contributed by atoms with van der Waals surface area (Å²) in [7, 11) is 1.73. The summed E-state index contributed by atoms with van der Waals surface area (Å²) in [5.41, 5.74) is 0.705. The van der Waals surface area contributed by atoms with E-state index in [4.69, 9.17) is 4.74 Å². The van der Waals surface area contributed by atoms with Gasteiger partial charge in [-0.15, -0.1) is 0 Å². The highest BCUT2D eigenvalue weighted by atomic mass is 16.5. The van der Waals surface area contributed by atoms with E-state index in [1.807, 2.05) is 13.8 Å². The molecule has 0 saturated carbocycles. The van der Waals surface area contributed by atoms with Crippen LogP contribution >= 0.6 is 0 Å². The number of allylic oxidation sites excluding steroid dienone is 1. The summed E-state index contributed by atoms with van der Waals surface area (Å²) in [6, 6.07) is 0. The van der Waals surface area contributed by atoms with Crippen LogP contribution < -0.4 is 0 Å². The maximum atomic E-state index is 9.86. The van der Waals surface area contributed by atoms with Gasteiger partial charge in [-0.25, -0.2) is 0 Å². The van der Waals surface area contributed by atoms with Gasteiger partial charge in [0.25, 0.3) is 0 Å². The van der Waals surface area contributed by atoms with Crippen LogP contribution in [0.3, 0.4) is 0 Å². The molecule has 0 aliphatic heterocycles. The van der Waals surface area contributed by atoms with Crippen molar-refractivity contribution in [2.45, 2.75) is 45.3 Å². The minimum atomic E-state index is -0.589. The lowest BCUT2D eigenvalue weighted by molar-refractivity contribution is -0.0130. The number of aliphatic hydroxyl groups is 1. The largest absolute Gasteiger partial charge is 0.390 e. The third kappa shape index (κ3) is 2.55. The van der Waals surface area contributed by atoms with Gasteiger partial charge in [0.05, 0.1) is 11.7 Å². The van der Waals surface area contributed by atoms with E-state index in [0.29, 0.717) is 5.92 Å². The van der Waals surface area contributed by atoms with Gasteiger partial charge in [0.2, 0.25) is 0 Å². The van der Waals surface area contributed by atoms with Gasteiger partial charge in [-0.1, -0.05) is 6.08 Å². The van der Waals surface area contributed by atoms with E-state index in [-0.39, 0.29) is 6.10 Å². The number of hydrogen-bond donors (Lipinski definition) is 1. The van der Waals surface area contributed by atoms with Crippen molar-refractivity contribution in [2.24, 2.45) is 5.92 Å². The van der Waals surface area contributed by atoms with Crippen LogP contribution in [0.15, 0.2) is 11.6 Å². The number of hydrogen-bond acceptors (Lipinski definition) is 2. The molecule has 2 heteroatoms. The molecule has 0 radical (unpaired) electrons. The lowest BCUT2D eigenvalue weighted by Gasteiger charge is -2.35. The summed E-state index contributed by atoms with van der Waals surface area (Å²) in [5.74, 6) is 0.321. The lowest BCUT2D eigenvalue weighted by Crippen LogP contribution is -2.36. The number of ether oxygens (including phenoxy) is 1. The molecule has 1 aliphatic rings. The highest BCUT2D eigenvalue weighted by Crippen LogP contribution is 2.32. The lowest BCUT2D eigenvalue weighted by atomic mass is 9.78. The molecule has 1 N–H and O–H groups in total. The molecule has 0 saturated heterocycles. The van der Waals surface area contributed by atoms with Crippen LogP contribution in [0.4, 0.5) is 0 Å². The smallest absolute Gasteiger partial charge is 0.0782 e. The third-order valence-electron chi connectivity index (χ3n) is 3.01. The number of methoxy groups -OCH3 is 1. The van der Waals surface area contributed by atoms with Crippen molar-refractivity contribution in [2.75, 3.05) is 7.11 Å². The van der Waals surface area contributed by atoms with E-state index < -0.39 is 5.60 Å². The van der Waals surface area contributed by atoms with E-state index in [0.717, 1.165) is 12.8 Å². The van der Waals surface area contributed by atoms with Crippen molar-refractivity contribution in [3.8, 4) is 0 Å². The van der Waals surface area contributed by atoms with E-state index in [1.165, 1.54) is 5.57 Å². The molecule has 13 heavy (non-hydrogen) atoms. The maximum absolute atomic E-state index is 9.86. The summed E-state index contributed by atoms with van der Waals surface area (Å²) in [6.45, 7) is 5.84. The standard InChI is InChI=1S/C11H20O2/c1-8-5-6-9(11(2,3)12)7-10(8)13-4/h5,9-10,12H,6-7H2,1-4H3. The van der Waals surface area contributed by atoms with E-state index >= 15 is 0 Å².